The summed E-state index contributed by atoms with van der Waals surface area (Å²) in [6.45, 7) is 4.27. The molecule has 0 saturated heterocycles. The molecule has 0 amide bonds. The van der Waals surface area contributed by atoms with Gasteiger partial charge in [-0.05, 0) is 48.7 Å². The first-order valence-electron chi connectivity index (χ1n) is 5.45. The fraction of sp³-hybridized carbons (Fsp3) is 0.214. The van der Waals surface area contributed by atoms with Crippen LogP contribution in [0, 0.1) is 13.8 Å². The molecule has 1 nitrogen and oxygen atoms in total. The van der Waals surface area contributed by atoms with Crippen LogP contribution in [0.5, 0.6) is 0 Å². The van der Waals surface area contributed by atoms with E-state index in [0.29, 0.717) is 5.15 Å². The van der Waals surface area contributed by atoms with Gasteiger partial charge in [-0.15, -0.1) is 11.8 Å². The molecule has 1 aromatic heterocycles. The third kappa shape index (κ3) is 3.48. The molecular formula is C14H14ClNS. The van der Waals surface area contributed by atoms with Crippen LogP contribution in [0.1, 0.15) is 16.7 Å². The molecule has 0 aliphatic carbocycles. The van der Waals surface area contributed by atoms with Crippen molar-refractivity contribution in [2.45, 2.75) is 24.5 Å². The topological polar surface area (TPSA) is 12.9 Å². The van der Waals surface area contributed by atoms with Gasteiger partial charge in [0.1, 0.15) is 5.15 Å². The SMILES string of the molecule is Cc1ccc(SCc2ccc(Cl)nc2)cc1C. The van der Waals surface area contributed by atoms with Crippen LogP contribution in [0.3, 0.4) is 0 Å². The summed E-state index contributed by atoms with van der Waals surface area (Å²) >= 11 is 7.57. The van der Waals surface area contributed by atoms with Gasteiger partial charge in [0.2, 0.25) is 0 Å². The van der Waals surface area contributed by atoms with Gasteiger partial charge in [-0.1, -0.05) is 23.7 Å². The number of aromatic nitrogens is 1. The van der Waals surface area contributed by atoms with E-state index in [9.17, 15) is 0 Å². The number of halogens is 1. The van der Waals surface area contributed by atoms with E-state index >= 15 is 0 Å². The van der Waals surface area contributed by atoms with Crippen molar-refractivity contribution in [2.24, 2.45) is 0 Å². The van der Waals surface area contributed by atoms with Gasteiger partial charge in [-0.25, -0.2) is 4.98 Å². The molecule has 2 aromatic rings. The Labute approximate surface area is 111 Å². The summed E-state index contributed by atoms with van der Waals surface area (Å²) in [6, 6.07) is 10.4. The monoisotopic (exact) mass is 263 g/mol. The largest absolute Gasteiger partial charge is 0.244 e. The summed E-state index contributed by atoms with van der Waals surface area (Å²) in [5.41, 5.74) is 3.87. The van der Waals surface area contributed by atoms with Crippen LogP contribution in [0.4, 0.5) is 0 Å². The van der Waals surface area contributed by atoms with Crippen molar-refractivity contribution in [3.8, 4) is 0 Å². The Bertz CT molecular complexity index is 508. The van der Waals surface area contributed by atoms with E-state index in [1.165, 1.54) is 21.6 Å². The number of hydrogen-bond acceptors (Lipinski definition) is 2. The highest BCUT2D eigenvalue weighted by atomic mass is 35.5. The predicted molar refractivity (Wildman–Crippen MR) is 74.7 cm³/mol. The molecule has 88 valence electrons. The molecule has 1 heterocycles. The van der Waals surface area contributed by atoms with Crippen LogP contribution in [0.15, 0.2) is 41.4 Å². The molecule has 0 aliphatic rings. The van der Waals surface area contributed by atoms with E-state index in [-0.39, 0.29) is 0 Å². The minimum Gasteiger partial charge on any atom is -0.244 e. The van der Waals surface area contributed by atoms with Crippen molar-refractivity contribution in [3.63, 3.8) is 0 Å². The third-order valence-corrected chi connectivity index (χ3v) is 3.96. The van der Waals surface area contributed by atoms with Crippen molar-refractivity contribution in [2.75, 3.05) is 0 Å². The maximum absolute atomic E-state index is 5.75. The number of rotatable bonds is 3. The van der Waals surface area contributed by atoms with E-state index in [1.54, 1.807) is 0 Å². The van der Waals surface area contributed by atoms with Crippen molar-refractivity contribution >= 4 is 23.4 Å². The second-order valence-electron chi connectivity index (χ2n) is 4.02. The fourth-order valence-electron chi connectivity index (χ4n) is 1.46. The number of thioether (sulfide) groups is 1. The summed E-state index contributed by atoms with van der Waals surface area (Å²) in [5, 5.41) is 0.546. The number of hydrogen-bond donors (Lipinski definition) is 0. The maximum Gasteiger partial charge on any atom is 0.129 e. The Morgan fingerprint density at radius 3 is 2.59 bits per heavy atom. The van der Waals surface area contributed by atoms with E-state index in [0.717, 1.165) is 5.75 Å². The average Bonchev–Trinajstić information content (AvgIpc) is 2.33. The zero-order valence-corrected chi connectivity index (χ0v) is 11.5. The van der Waals surface area contributed by atoms with Crippen molar-refractivity contribution in [1.82, 2.24) is 4.98 Å². The Balaban J connectivity index is 2.02. The summed E-state index contributed by atoms with van der Waals surface area (Å²) < 4.78 is 0. The molecule has 3 heteroatoms. The van der Waals surface area contributed by atoms with Crippen molar-refractivity contribution in [3.05, 3.63) is 58.4 Å². The van der Waals surface area contributed by atoms with E-state index < -0.39 is 0 Å². The first-order chi connectivity index (χ1) is 8.15. The Morgan fingerprint density at radius 1 is 1.12 bits per heavy atom. The molecule has 0 fully saturated rings. The van der Waals surface area contributed by atoms with Gasteiger partial charge in [-0.3, -0.25) is 0 Å². The Kier molecular flexibility index (Phi) is 4.08. The summed E-state index contributed by atoms with van der Waals surface area (Å²) in [5.74, 6) is 0.923. The number of aryl methyl sites for hydroxylation is 2. The smallest absolute Gasteiger partial charge is 0.129 e. The lowest BCUT2D eigenvalue weighted by molar-refractivity contribution is 1.24. The molecule has 0 atom stereocenters. The molecule has 0 unspecified atom stereocenters. The second-order valence-corrected chi connectivity index (χ2v) is 5.46. The first kappa shape index (κ1) is 12.5. The molecule has 17 heavy (non-hydrogen) atoms. The minimum absolute atomic E-state index is 0.546. The molecule has 0 bridgehead atoms. The fourth-order valence-corrected chi connectivity index (χ4v) is 2.50. The summed E-state index contributed by atoms with van der Waals surface area (Å²) in [4.78, 5) is 5.37. The quantitative estimate of drug-likeness (QED) is 0.591. The lowest BCUT2D eigenvalue weighted by atomic mass is 10.1. The second kappa shape index (κ2) is 5.56. The molecule has 0 aliphatic heterocycles. The molecule has 1 aromatic carbocycles. The molecule has 0 spiro atoms. The van der Waals surface area contributed by atoms with Crippen LogP contribution < -0.4 is 0 Å². The Morgan fingerprint density at radius 2 is 1.94 bits per heavy atom. The zero-order valence-electron chi connectivity index (χ0n) is 9.90. The van der Waals surface area contributed by atoms with Crippen LogP contribution in [-0.4, -0.2) is 4.98 Å². The summed E-state index contributed by atoms with van der Waals surface area (Å²) in [7, 11) is 0. The highest BCUT2D eigenvalue weighted by Crippen LogP contribution is 2.24. The van der Waals surface area contributed by atoms with Crippen molar-refractivity contribution in [1.29, 1.82) is 0 Å². The number of nitrogens with zero attached hydrogens (tertiary/aromatic N) is 1. The van der Waals surface area contributed by atoms with Gasteiger partial charge in [0.05, 0.1) is 0 Å². The number of pyridine rings is 1. The third-order valence-electron chi connectivity index (χ3n) is 2.67. The van der Waals surface area contributed by atoms with Gasteiger partial charge >= 0.3 is 0 Å². The normalized spacial score (nSPS) is 10.5. The standard InChI is InChI=1S/C14H14ClNS/c1-10-3-5-13(7-11(10)2)17-9-12-4-6-14(15)16-8-12/h3-8H,9H2,1-2H3. The van der Waals surface area contributed by atoms with Crippen LogP contribution in [-0.2, 0) is 5.75 Å². The number of benzene rings is 1. The van der Waals surface area contributed by atoms with Crippen molar-refractivity contribution < 1.29 is 0 Å². The molecular weight excluding hydrogens is 250 g/mol. The lowest BCUT2D eigenvalue weighted by Crippen LogP contribution is -1.85. The van der Waals surface area contributed by atoms with E-state index in [4.69, 9.17) is 11.6 Å². The summed E-state index contributed by atoms with van der Waals surface area (Å²) in [6.07, 6.45) is 1.83. The van der Waals surface area contributed by atoms with Gasteiger partial charge in [-0.2, -0.15) is 0 Å². The van der Waals surface area contributed by atoms with Crippen LogP contribution in [0.25, 0.3) is 0 Å². The molecule has 0 saturated carbocycles. The minimum atomic E-state index is 0.546. The predicted octanol–water partition coefficient (Wildman–Crippen LogP) is 4.64. The van der Waals surface area contributed by atoms with Crippen LogP contribution in [0.2, 0.25) is 5.15 Å². The molecule has 0 N–H and O–H groups in total. The first-order valence-corrected chi connectivity index (χ1v) is 6.82. The highest BCUT2D eigenvalue weighted by molar-refractivity contribution is 7.98. The van der Waals surface area contributed by atoms with Crippen LogP contribution >= 0.6 is 23.4 Å². The average molecular weight is 264 g/mol. The van der Waals surface area contributed by atoms with Gasteiger partial charge < -0.3 is 0 Å². The molecule has 2 rings (SSSR count). The lowest BCUT2D eigenvalue weighted by Gasteiger charge is -2.05. The Hall–Kier alpha value is -0.990. The van der Waals surface area contributed by atoms with Gasteiger partial charge in [0.25, 0.3) is 0 Å². The van der Waals surface area contributed by atoms with E-state index in [2.05, 4.69) is 37.0 Å². The van der Waals surface area contributed by atoms with E-state index in [1.807, 2.05) is 30.1 Å². The zero-order chi connectivity index (χ0) is 12.3. The van der Waals surface area contributed by atoms with Gasteiger partial charge in [0.15, 0.2) is 0 Å². The molecule has 0 radical (unpaired) electrons. The maximum atomic E-state index is 5.75. The highest BCUT2D eigenvalue weighted by Gasteiger charge is 1.99. The van der Waals surface area contributed by atoms with Gasteiger partial charge in [0, 0.05) is 16.8 Å².